The van der Waals surface area contributed by atoms with Crippen LogP contribution in [-0.2, 0) is 11.2 Å². The Morgan fingerprint density at radius 1 is 1.19 bits per heavy atom. The van der Waals surface area contributed by atoms with Crippen molar-refractivity contribution in [1.82, 2.24) is 9.97 Å². The molecular formula is C17H16N2O2. The molecule has 4 heteroatoms. The van der Waals surface area contributed by atoms with Crippen molar-refractivity contribution in [2.24, 2.45) is 0 Å². The highest BCUT2D eigenvalue weighted by Crippen LogP contribution is 2.27. The summed E-state index contributed by atoms with van der Waals surface area (Å²) in [6.45, 7) is 1.98. The Labute approximate surface area is 122 Å². The van der Waals surface area contributed by atoms with E-state index in [-0.39, 0.29) is 0 Å². The van der Waals surface area contributed by atoms with Crippen LogP contribution in [0.2, 0.25) is 0 Å². The van der Waals surface area contributed by atoms with Crippen LogP contribution in [0.4, 0.5) is 0 Å². The van der Waals surface area contributed by atoms with Crippen molar-refractivity contribution < 1.29 is 9.53 Å². The van der Waals surface area contributed by atoms with Crippen molar-refractivity contribution in [2.75, 3.05) is 7.11 Å². The number of carbonyl (C=O) groups excluding carboxylic acids is 1. The van der Waals surface area contributed by atoms with E-state index in [1.807, 2.05) is 31.2 Å². The molecule has 0 saturated carbocycles. The first-order chi connectivity index (χ1) is 10.2. The van der Waals surface area contributed by atoms with Crippen LogP contribution in [0.5, 0.6) is 0 Å². The highest BCUT2D eigenvalue weighted by Gasteiger charge is 2.18. The second-order valence-corrected chi connectivity index (χ2v) is 4.78. The van der Waals surface area contributed by atoms with Gasteiger partial charge in [0.15, 0.2) is 5.69 Å². The Hall–Kier alpha value is -2.62. The van der Waals surface area contributed by atoms with Gasteiger partial charge in [0.2, 0.25) is 0 Å². The molecule has 0 unspecified atom stereocenters. The molecule has 0 atom stereocenters. The van der Waals surface area contributed by atoms with Gasteiger partial charge in [-0.15, -0.1) is 0 Å². The molecule has 3 rings (SSSR count). The molecule has 0 radical (unpaired) electrons. The van der Waals surface area contributed by atoms with Crippen LogP contribution in [0.15, 0.2) is 42.5 Å². The molecule has 0 aliphatic carbocycles. The Morgan fingerprint density at radius 3 is 2.71 bits per heavy atom. The minimum Gasteiger partial charge on any atom is -0.464 e. The zero-order valence-corrected chi connectivity index (χ0v) is 12.0. The molecule has 1 N–H and O–H groups in total. The first-order valence-electron chi connectivity index (χ1n) is 6.90. The lowest BCUT2D eigenvalue weighted by Gasteiger charge is -2.03. The number of methoxy groups -OCH3 is 1. The number of H-pyrrole nitrogens is 1. The summed E-state index contributed by atoms with van der Waals surface area (Å²) in [4.78, 5) is 19.5. The number of benzene rings is 2. The third kappa shape index (κ3) is 2.29. The number of hydrogen-bond acceptors (Lipinski definition) is 3. The molecule has 1 aromatic heterocycles. The number of rotatable bonds is 3. The summed E-state index contributed by atoms with van der Waals surface area (Å²) < 4.78 is 4.79. The summed E-state index contributed by atoms with van der Waals surface area (Å²) >= 11 is 0. The van der Waals surface area contributed by atoms with Gasteiger partial charge in [-0.1, -0.05) is 49.4 Å². The predicted octanol–water partition coefficient (Wildman–Crippen LogP) is 3.58. The van der Waals surface area contributed by atoms with E-state index < -0.39 is 5.97 Å². The quantitative estimate of drug-likeness (QED) is 0.746. The summed E-state index contributed by atoms with van der Waals surface area (Å²) in [5.41, 5.74) is 2.14. The maximum absolute atomic E-state index is 11.8. The fraction of sp³-hybridized carbons (Fsp3) is 0.176. The van der Waals surface area contributed by atoms with Gasteiger partial charge in [0.05, 0.1) is 7.11 Å². The number of aromatic amines is 1. The van der Waals surface area contributed by atoms with Gasteiger partial charge in [0.1, 0.15) is 5.82 Å². The molecule has 0 fully saturated rings. The Kier molecular flexibility index (Phi) is 3.44. The molecule has 1 heterocycles. The second-order valence-electron chi connectivity index (χ2n) is 4.78. The van der Waals surface area contributed by atoms with Crippen molar-refractivity contribution in [3.63, 3.8) is 0 Å². The van der Waals surface area contributed by atoms with E-state index in [1.54, 1.807) is 0 Å². The number of nitrogens with one attached hydrogen (secondary N) is 1. The van der Waals surface area contributed by atoms with Gasteiger partial charge in [-0.2, -0.15) is 0 Å². The van der Waals surface area contributed by atoms with Gasteiger partial charge in [-0.05, 0) is 17.2 Å². The molecule has 0 bridgehead atoms. The standard InChI is InChI=1S/C17H16N2O2/c1-3-14-15(17(20)21-2)19-16(18-14)13-10-6-8-11-7-4-5-9-12(11)13/h4-10H,3H2,1-2H3,(H,18,19). The van der Waals surface area contributed by atoms with Crippen LogP contribution in [0.25, 0.3) is 22.2 Å². The highest BCUT2D eigenvalue weighted by molar-refractivity contribution is 5.96. The van der Waals surface area contributed by atoms with Crippen molar-refractivity contribution >= 4 is 16.7 Å². The number of imidazole rings is 1. The predicted molar refractivity (Wildman–Crippen MR) is 82.2 cm³/mol. The van der Waals surface area contributed by atoms with E-state index in [1.165, 1.54) is 7.11 Å². The lowest BCUT2D eigenvalue weighted by Crippen LogP contribution is -2.04. The smallest absolute Gasteiger partial charge is 0.358 e. The lowest BCUT2D eigenvalue weighted by molar-refractivity contribution is 0.0593. The normalized spacial score (nSPS) is 10.8. The number of nitrogens with zero attached hydrogens (tertiary/aromatic N) is 1. The molecule has 3 aromatic rings. The monoisotopic (exact) mass is 280 g/mol. The van der Waals surface area contributed by atoms with Crippen LogP contribution in [0.3, 0.4) is 0 Å². The van der Waals surface area contributed by atoms with Gasteiger partial charge < -0.3 is 9.72 Å². The molecule has 0 saturated heterocycles. The van der Waals surface area contributed by atoms with Crippen molar-refractivity contribution in [3.05, 3.63) is 53.9 Å². The van der Waals surface area contributed by atoms with Crippen molar-refractivity contribution in [1.29, 1.82) is 0 Å². The zero-order chi connectivity index (χ0) is 14.8. The average molecular weight is 280 g/mol. The number of fused-ring (bicyclic) bond motifs is 1. The summed E-state index contributed by atoms with van der Waals surface area (Å²) in [6, 6.07) is 14.2. The number of hydrogen-bond donors (Lipinski definition) is 1. The molecule has 21 heavy (non-hydrogen) atoms. The number of ether oxygens (including phenoxy) is 1. The van der Waals surface area contributed by atoms with Gasteiger partial charge in [-0.3, -0.25) is 0 Å². The highest BCUT2D eigenvalue weighted by atomic mass is 16.5. The van der Waals surface area contributed by atoms with Gasteiger partial charge >= 0.3 is 5.97 Å². The lowest BCUT2D eigenvalue weighted by atomic mass is 10.0. The van der Waals surface area contributed by atoms with E-state index >= 15 is 0 Å². The Balaban J connectivity index is 2.19. The molecule has 2 aromatic carbocycles. The van der Waals surface area contributed by atoms with Gasteiger partial charge in [0.25, 0.3) is 0 Å². The maximum atomic E-state index is 11.8. The number of aryl methyl sites for hydroxylation is 1. The maximum Gasteiger partial charge on any atom is 0.358 e. The minimum atomic E-state index is -0.408. The third-order valence-corrected chi connectivity index (χ3v) is 3.56. The Morgan fingerprint density at radius 2 is 1.95 bits per heavy atom. The number of carbonyl (C=O) groups is 1. The number of esters is 1. The summed E-state index contributed by atoms with van der Waals surface area (Å²) in [5, 5.41) is 2.25. The van der Waals surface area contributed by atoms with Crippen LogP contribution in [-0.4, -0.2) is 23.0 Å². The third-order valence-electron chi connectivity index (χ3n) is 3.56. The van der Waals surface area contributed by atoms with Gasteiger partial charge in [-0.25, -0.2) is 9.78 Å². The molecule has 4 nitrogen and oxygen atoms in total. The Bertz CT molecular complexity index is 800. The second kappa shape index (κ2) is 5.40. The van der Waals surface area contributed by atoms with Crippen LogP contribution < -0.4 is 0 Å². The molecule has 0 aliphatic rings. The number of aromatic nitrogens is 2. The van der Waals surface area contributed by atoms with Crippen LogP contribution >= 0.6 is 0 Å². The van der Waals surface area contributed by atoms with E-state index in [9.17, 15) is 4.79 Å². The molecule has 0 aliphatic heterocycles. The molecular weight excluding hydrogens is 264 g/mol. The molecule has 0 amide bonds. The largest absolute Gasteiger partial charge is 0.464 e. The molecule has 0 spiro atoms. The fourth-order valence-electron chi connectivity index (χ4n) is 2.49. The van der Waals surface area contributed by atoms with E-state index in [0.717, 1.165) is 22.0 Å². The summed E-state index contributed by atoms with van der Waals surface area (Å²) in [7, 11) is 1.37. The van der Waals surface area contributed by atoms with Crippen LogP contribution in [0.1, 0.15) is 23.1 Å². The van der Waals surface area contributed by atoms with E-state index in [4.69, 9.17) is 4.74 Å². The summed E-state index contributed by atoms with van der Waals surface area (Å²) in [5.74, 6) is 0.290. The van der Waals surface area contributed by atoms with Crippen molar-refractivity contribution in [2.45, 2.75) is 13.3 Å². The minimum absolute atomic E-state index is 0.364. The average Bonchev–Trinajstić information content (AvgIpc) is 2.97. The fourth-order valence-corrected chi connectivity index (χ4v) is 2.49. The SMILES string of the molecule is CCc1[nH]c(-c2cccc3ccccc23)nc1C(=O)OC. The zero-order valence-electron chi connectivity index (χ0n) is 12.0. The van der Waals surface area contributed by atoms with Gasteiger partial charge in [0, 0.05) is 11.3 Å². The molecule has 106 valence electrons. The first-order valence-corrected chi connectivity index (χ1v) is 6.90. The first kappa shape index (κ1) is 13.4. The van der Waals surface area contributed by atoms with E-state index in [0.29, 0.717) is 17.9 Å². The topological polar surface area (TPSA) is 55.0 Å². The van der Waals surface area contributed by atoms with E-state index in [2.05, 4.69) is 28.2 Å². The van der Waals surface area contributed by atoms with Crippen molar-refractivity contribution in [3.8, 4) is 11.4 Å². The van der Waals surface area contributed by atoms with Crippen LogP contribution in [0, 0.1) is 0 Å². The summed E-state index contributed by atoms with van der Waals surface area (Å²) in [6.07, 6.45) is 0.697.